The Bertz CT molecular complexity index is 421. The summed E-state index contributed by atoms with van der Waals surface area (Å²) in [5, 5.41) is 0. The van der Waals surface area contributed by atoms with Crippen molar-refractivity contribution in [3.05, 3.63) is 23.3 Å². The molecule has 0 amide bonds. The zero-order valence-electron chi connectivity index (χ0n) is 9.50. The van der Waals surface area contributed by atoms with Gasteiger partial charge in [-0.15, -0.1) is 0 Å². The first-order chi connectivity index (χ1) is 7.95. The van der Waals surface area contributed by atoms with E-state index >= 15 is 0 Å². The first kappa shape index (κ1) is 13.2. The molecule has 0 saturated carbocycles. The summed E-state index contributed by atoms with van der Waals surface area (Å²) in [5.74, 6) is -1.08. The molecule has 1 aromatic carbocycles. The number of aryl methyl sites for hydroxylation is 1. The summed E-state index contributed by atoms with van der Waals surface area (Å²) in [6.45, 7) is 0.393. The Kier molecular flexibility index (Phi) is 4.25. The first-order valence-electron chi connectivity index (χ1n) is 4.97. The van der Waals surface area contributed by atoms with Crippen molar-refractivity contribution >= 4 is 11.7 Å². The van der Waals surface area contributed by atoms with E-state index in [1.165, 1.54) is 12.1 Å². The Morgan fingerprint density at radius 3 is 2.65 bits per heavy atom. The molecule has 0 aliphatic rings. The van der Waals surface area contributed by atoms with E-state index in [1.807, 2.05) is 0 Å². The zero-order valence-corrected chi connectivity index (χ0v) is 9.50. The highest BCUT2D eigenvalue weighted by atomic mass is 19.3. The van der Waals surface area contributed by atoms with Crippen molar-refractivity contribution in [2.75, 3.05) is 12.3 Å². The molecule has 0 saturated heterocycles. The fraction of sp³-hybridized carbons (Fsp3) is 0.364. The van der Waals surface area contributed by atoms with Crippen LogP contribution in [0.5, 0.6) is 5.75 Å². The average molecular weight is 245 g/mol. The van der Waals surface area contributed by atoms with Gasteiger partial charge in [0.05, 0.1) is 12.3 Å². The van der Waals surface area contributed by atoms with E-state index in [4.69, 9.17) is 10.5 Å². The van der Waals surface area contributed by atoms with E-state index in [1.54, 1.807) is 13.8 Å². The SMILES string of the molecule is CCOC(=O)c1cc(C)cc(N)c1OC(F)F. The molecule has 0 fully saturated rings. The molecule has 0 spiro atoms. The highest BCUT2D eigenvalue weighted by Crippen LogP contribution is 2.30. The average Bonchev–Trinajstić information content (AvgIpc) is 2.21. The number of halogens is 2. The van der Waals surface area contributed by atoms with Crippen LogP contribution in [-0.4, -0.2) is 19.2 Å². The van der Waals surface area contributed by atoms with Crippen LogP contribution in [0.1, 0.15) is 22.8 Å². The number of hydrogen-bond donors (Lipinski definition) is 1. The molecular formula is C11H13F2NO3. The highest BCUT2D eigenvalue weighted by molar-refractivity contribution is 5.95. The molecule has 1 aromatic rings. The van der Waals surface area contributed by atoms with Crippen LogP contribution in [0, 0.1) is 6.92 Å². The molecule has 0 aromatic heterocycles. The molecule has 94 valence electrons. The van der Waals surface area contributed by atoms with Gasteiger partial charge < -0.3 is 15.2 Å². The van der Waals surface area contributed by atoms with E-state index in [2.05, 4.69) is 4.74 Å². The van der Waals surface area contributed by atoms with E-state index in [9.17, 15) is 13.6 Å². The van der Waals surface area contributed by atoms with Crippen LogP contribution in [0.4, 0.5) is 14.5 Å². The molecule has 0 unspecified atom stereocenters. The van der Waals surface area contributed by atoms with Gasteiger partial charge in [-0.25, -0.2) is 4.79 Å². The van der Waals surface area contributed by atoms with Gasteiger partial charge in [0.15, 0.2) is 5.75 Å². The van der Waals surface area contributed by atoms with Gasteiger partial charge in [-0.3, -0.25) is 0 Å². The van der Waals surface area contributed by atoms with Crippen molar-refractivity contribution in [2.24, 2.45) is 0 Å². The van der Waals surface area contributed by atoms with E-state index in [0.717, 1.165) is 0 Å². The van der Waals surface area contributed by atoms with E-state index in [-0.39, 0.29) is 23.6 Å². The highest BCUT2D eigenvalue weighted by Gasteiger charge is 2.20. The lowest BCUT2D eigenvalue weighted by molar-refractivity contribution is -0.0499. The quantitative estimate of drug-likeness (QED) is 0.653. The fourth-order valence-electron chi connectivity index (χ4n) is 1.38. The van der Waals surface area contributed by atoms with Crippen LogP contribution in [0.3, 0.4) is 0 Å². The van der Waals surface area contributed by atoms with E-state index < -0.39 is 12.6 Å². The Hall–Kier alpha value is -1.85. The molecule has 2 N–H and O–H groups in total. The van der Waals surface area contributed by atoms with Crippen LogP contribution >= 0.6 is 0 Å². The van der Waals surface area contributed by atoms with Gasteiger partial charge in [0.1, 0.15) is 5.56 Å². The standard InChI is InChI=1S/C11H13F2NO3/c1-3-16-10(15)7-4-6(2)5-8(14)9(7)17-11(12)13/h4-5,11H,3,14H2,1-2H3. The summed E-state index contributed by atoms with van der Waals surface area (Å²) < 4.78 is 33.4. The summed E-state index contributed by atoms with van der Waals surface area (Å²) in [6, 6.07) is 2.84. The van der Waals surface area contributed by atoms with Crippen LogP contribution in [0.15, 0.2) is 12.1 Å². The molecular weight excluding hydrogens is 232 g/mol. The molecule has 0 aliphatic heterocycles. The molecule has 0 heterocycles. The summed E-state index contributed by atoms with van der Waals surface area (Å²) in [4.78, 5) is 11.5. The number of carbonyl (C=O) groups is 1. The Balaban J connectivity index is 3.19. The number of ether oxygens (including phenoxy) is 2. The minimum atomic E-state index is -3.05. The topological polar surface area (TPSA) is 61.5 Å². The molecule has 0 bridgehead atoms. The summed E-state index contributed by atoms with van der Waals surface area (Å²) in [5.41, 5.74) is 6.08. The van der Waals surface area contributed by atoms with Gasteiger partial charge in [0, 0.05) is 0 Å². The second-order valence-electron chi connectivity index (χ2n) is 3.33. The predicted octanol–water partition coefficient (Wildman–Crippen LogP) is 2.36. The van der Waals surface area contributed by atoms with Crippen LogP contribution < -0.4 is 10.5 Å². The number of esters is 1. The third kappa shape index (κ3) is 3.30. The van der Waals surface area contributed by atoms with Crippen LogP contribution in [0.25, 0.3) is 0 Å². The smallest absolute Gasteiger partial charge is 0.387 e. The Morgan fingerprint density at radius 2 is 2.12 bits per heavy atom. The number of carbonyl (C=O) groups excluding carboxylic acids is 1. The largest absolute Gasteiger partial charge is 0.462 e. The van der Waals surface area contributed by atoms with Crippen molar-refractivity contribution in [3.8, 4) is 5.75 Å². The van der Waals surface area contributed by atoms with Gasteiger partial charge >= 0.3 is 12.6 Å². The number of rotatable bonds is 4. The van der Waals surface area contributed by atoms with Gasteiger partial charge in [0.25, 0.3) is 0 Å². The number of benzene rings is 1. The molecule has 6 heteroatoms. The maximum atomic E-state index is 12.2. The number of nitrogen functional groups attached to an aromatic ring is 1. The van der Waals surface area contributed by atoms with Crippen molar-refractivity contribution in [1.29, 1.82) is 0 Å². The Morgan fingerprint density at radius 1 is 1.47 bits per heavy atom. The minimum Gasteiger partial charge on any atom is -0.462 e. The van der Waals surface area contributed by atoms with E-state index in [0.29, 0.717) is 5.56 Å². The van der Waals surface area contributed by atoms with Crippen molar-refractivity contribution in [3.63, 3.8) is 0 Å². The van der Waals surface area contributed by atoms with Gasteiger partial charge in [-0.2, -0.15) is 8.78 Å². The maximum absolute atomic E-state index is 12.2. The number of hydrogen-bond acceptors (Lipinski definition) is 4. The summed E-state index contributed by atoms with van der Waals surface area (Å²) in [7, 11) is 0. The molecule has 17 heavy (non-hydrogen) atoms. The summed E-state index contributed by atoms with van der Waals surface area (Å²) in [6.07, 6.45) is 0. The normalized spacial score (nSPS) is 10.4. The lowest BCUT2D eigenvalue weighted by Crippen LogP contribution is -2.12. The number of nitrogens with two attached hydrogens (primary N) is 1. The van der Waals surface area contributed by atoms with Crippen LogP contribution in [0.2, 0.25) is 0 Å². The predicted molar refractivity (Wildman–Crippen MR) is 58.2 cm³/mol. The fourth-order valence-corrected chi connectivity index (χ4v) is 1.38. The molecule has 0 aliphatic carbocycles. The van der Waals surface area contributed by atoms with Crippen molar-refractivity contribution in [2.45, 2.75) is 20.5 Å². The number of anilines is 1. The summed E-state index contributed by atoms with van der Waals surface area (Å²) >= 11 is 0. The Labute approximate surface area is 97.3 Å². The van der Waals surface area contributed by atoms with Gasteiger partial charge in [0.2, 0.25) is 0 Å². The second-order valence-corrected chi connectivity index (χ2v) is 3.33. The van der Waals surface area contributed by atoms with Gasteiger partial charge in [-0.1, -0.05) is 0 Å². The zero-order chi connectivity index (χ0) is 13.0. The lowest BCUT2D eigenvalue weighted by atomic mass is 10.1. The second kappa shape index (κ2) is 5.47. The lowest BCUT2D eigenvalue weighted by Gasteiger charge is -2.13. The monoisotopic (exact) mass is 245 g/mol. The van der Waals surface area contributed by atoms with Crippen molar-refractivity contribution in [1.82, 2.24) is 0 Å². The molecule has 0 radical (unpaired) electrons. The molecule has 1 rings (SSSR count). The first-order valence-corrected chi connectivity index (χ1v) is 4.97. The van der Waals surface area contributed by atoms with Crippen molar-refractivity contribution < 1.29 is 23.0 Å². The van der Waals surface area contributed by atoms with Crippen LogP contribution in [-0.2, 0) is 4.74 Å². The minimum absolute atomic E-state index is 0.0200. The molecule has 0 atom stereocenters. The third-order valence-corrected chi connectivity index (χ3v) is 1.96. The maximum Gasteiger partial charge on any atom is 0.387 e. The number of alkyl halides is 2. The third-order valence-electron chi connectivity index (χ3n) is 1.96. The van der Waals surface area contributed by atoms with Gasteiger partial charge in [-0.05, 0) is 31.5 Å². The molecule has 4 nitrogen and oxygen atoms in total.